The Kier molecular flexibility index (Phi) is 10.1. The SMILES string of the molecule is C=CCCCN(C)C(=NC)NCC(C)N1CCc2ccccc2C1.I. The lowest BCUT2D eigenvalue weighted by atomic mass is 9.99. The summed E-state index contributed by atoms with van der Waals surface area (Å²) in [7, 11) is 3.95. The minimum Gasteiger partial charge on any atom is -0.355 e. The maximum Gasteiger partial charge on any atom is 0.193 e. The molecule has 4 nitrogen and oxygen atoms in total. The molecule has 5 heteroatoms. The zero-order chi connectivity index (χ0) is 17.4. The summed E-state index contributed by atoms with van der Waals surface area (Å²) in [6, 6.07) is 9.29. The van der Waals surface area contributed by atoms with Gasteiger partial charge in [-0.1, -0.05) is 30.3 Å². The molecule has 1 N–H and O–H groups in total. The molecule has 140 valence electrons. The number of hydrogen-bond donors (Lipinski definition) is 1. The molecule has 0 bridgehead atoms. The van der Waals surface area contributed by atoms with E-state index in [1.54, 1.807) is 0 Å². The normalized spacial score (nSPS) is 15.7. The largest absolute Gasteiger partial charge is 0.355 e. The van der Waals surface area contributed by atoms with Gasteiger partial charge in [0.15, 0.2) is 5.96 Å². The Morgan fingerprint density at radius 2 is 2.12 bits per heavy atom. The van der Waals surface area contributed by atoms with Gasteiger partial charge in [-0.25, -0.2) is 0 Å². The van der Waals surface area contributed by atoms with E-state index in [0.717, 1.165) is 51.4 Å². The fraction of sp³-hybridized carbons (Fsp3) is 0.550. The van der Waals surface area contributed by atoms with Crippen molar-refractivity contribution in [3.8, 4) is 0 Å². The van der Waals surface area contributed by atoms with E-state index < -0.39 is 0 Å². The van der Waals surface area contributed by atoms with E-state index in [4.69, 9.17) is 0 Å². The average molecular weight is 456 g/mol. The average Bonchev–Trinajstić information content (AvgIpc) is 2.61. The van der Waals surface area contributed by atoms with Crippen LogP contribution in [-0.4, -0.2) is 55.5 Å². The Hall–Kier alpha value is -1.08. The fourth-order valence-corrected chi connectivity index (χ4v) is 3.23. The highest BCUT2D eigenvalue weighted by atomic mass is 127. The molecular weight excluding hydrogens is 423 g/mol. The Bertz CT molecular complexity index is 558. The van der Waals surface area contributed by atoms with Gasteiger partial charge in [-0.05, 0) is 37.3 Å². The molecule has 1 aromatic carbocycles. The molecule has 0 spiro atoms. The molecule has 0 radical (unpaired) electrons. The number of halogens is 1. The molecule has 0 saturated heterocycles. The standard InChI is InChI=1S/C20H32N4.HI/c1-5-6-9-13-23(4)20(21-3)22-15-17(2)24-14-12-18-10-7-8-11-19(18)16-24;/h5,7-8,10-11,17H,1,6,9,12-16H2,2-4H3,(H,21,22);1H. The van der Waals surface area contributed by atoms with Gasteiger partial charge in [0.25, 0.3) is 0 Å². The fourth-order valence-electron chi connectivity index (χ4n) is 3.23. The van der Waals surface area contributed by atoms with E-state index in [1.165, 1.54) is 11.1 Å². The summed E-state index contributed by atoms with van der Waals surface area (Å²) in [4.78, 5) is 9.16. The molecule has 0 aromatic heterocycles. The highest BCUT2D eigenvalue weighted by molar-refractivity contribution is 14.0. The van der Waals surface area contributed by atoms with E-state index >= 15 is 0 Å². The Morgan fingerprint density at radius 1 is 1.40 bits per heavy atom. The second-order valence-corrected chi connectivity index (χ2v) is 6.62. The summed E-state index contributed by atoms with van der Waals surface area (Å²) in [5.41, 5.74) is 2.98. The summed E-state index contributed by atoms with van der Waals surface area (Å²) in [5, 5.41) is 3.53. The molecule has 1 aliphatic rings. The van der Waals surface area contributed by atoms with Crippen molar-refractivity contribution in [3.05, 3.63) is 48.0 Å². The molecular formula is C20H33IN4. The van der Waals surface area contributed by atoms with E-state index in [2.05, 4.69) is 64.9 Å². The first kappa shape index (κ1) is 22.0. The molecule has 1 aromatic rings. The number of allylic oxidation sites excluding steroid dienone is 1. The summed E-state index contributed by atoms with van der Waals surface area (Å²) >= 11 is 0. The van der Waals surface area contributed by atoms with Crippen molar-refractivity contribution in [2.24, 2.45) is 4.99 Å². The third-order valence-corrected chi connectivity index (χ3v) is 4.81. The van der Waals surface area contributed by atoms with Gasteiger partial charge in [0, 0.05) is 46.3 Å². The van der Waals surface area contributed by atoms with E-state index in [1.807, 2.05) is 13.1 Å². The van der Waals surface area contributed by atoms with Crippen LogP contribution in [0, 0.1) is 0 Å². The number of fused-ring (bicyclic) bond motifs is 1. The van der Waals surface area contributed by atoms with Crippen LogP contribution in [0.25, 0.3) is 0 Å². The number of nitrogens with one attached hydrogen (secondary N) is 1. The minimum atomic E-state index is 0. The quantitative estimate of drug-likeness (QED) is 0.224. The van der Waals surface area contributed by atoms with Crippen molar-refractivity contribution in [3.63, 3.8) is 0 Å². The van der Waals surface area contributed by atoms with Gasteiger partial charge in [0.2, 0.25) is 0 Å². The number of nitrogens with zero attached hydrogens (tertiary/aromatic N) is 3. The summed E-state index contributed by atoms with van der Waals surface area (Å²) in [6.45, 7) is 10.2. The number of guanidine groups is 1. The highest BCUT2D eigenvalue weighted by Crippen LogP contribution is 2.19. The van der Waals surface area contributed by atoms with Crippen LogP contribution in [-0.2, 0) is 13.0 Å². The molecule has 0 aliphatic carbocycles. The lowest BCUT2D eigenvalue weighted by Gasteiger charge is -2.34. The van der Waals surface area contributed by atoms with Gasteiger partial charge < -0.3 is 10.2 Å². The topological polar surface area (TPSA) is 30.9 Å². The summed E-state index contributed by atoms with van der Waals surface area (Å²) in [6.07, 6.45) is 5.28. The van der Waals surface area contributed by atoms with Gasteiger partial charge in [0.05, 0.1) is 0 Å². The number of unbranched alkanes of at least 4 members (excludes halogenated alkanes) is 1. The number of hydrogen-bond acceptors (Lipinski definition) is 2. The third kappa shape index (κ3) is 6.62. The molecule has 25 heavy (non-hydrogen) atoms. The van der Waals surface area contributed by atoms with Gasteiger partial charge in [-0.15, -0.1) is 30.6 Å². The van der Waals surface area contributed by atoms with E-state index in [-0.39, 0.29) is 24.0 Å². The molecule has 0 saturated carbocycles. The maximum absolute atomic E-state index is 4.41. The van der Waals surface area contributed by atoms with Crippen LogP contribution in [0.1, 0.15) is 30.9 Å². The summed E-state index contributed by atoms with van der Waals surface area (Å²) < 4.78 is 0. The van der Waals surface area contributed by atoms with Crippen LogP contribution >= 0.6 is 24.0 Å². The molecule has 0 fully saturated rings. The first-order chi connectivity index (χ1) is 11.7. The predicted octanol–water partition coefficient (Wildman–Crippen LogP) is 3.52. The zero-order valence-electron chi connectivity index (χ0n) is 15.9. The van der Waals surface area contributed by atoms with Crippen molar-refractivity contribution in [2.45, 2.75) is 38.8 Å². The Balaban J connectivity index is 0.00000312. The van der Waals surface area contributed by atoms with E-state index in [0.29, 0.717) is 6.04 Å². The predicted molar refractivity (Wildman–Crippen MR) is 119 cm³/mol. The van der Waals surface area contributed by atoms with Crippen LogP contribution < -0.4 is 5.32 Å². The van der Waals surface area contributed by atoms with E-state index in [9.17, 15) is 0 Å². The van der Waals surface area contributed by atoms with Crippen LogP contribution in [0.2, 0.25) is 0 Å². The van der Waals surface area contributed by atoms with Crippen LogP contribution in [0.15, 0.2) is 41.9 Å². The van der Waals surface area contributed by atoms with Crippen LogP contribution in [0.5, 0.6) is 0 Å². The van der Waals surface area contributed by atoms with Gasteiger partial charge >= 0.3 is 0 Å². The molecule has 0 amide bonds. The van der Waals surface area contributed by atoms with Crippen molar-refractivity contribution in [1.82, 2.24) is 15.1 Å². The first-order valence-electron chi connectivity index (χ1n) is 8.99. The first-order valence-corrected chi connectivity index (χ1v) is 8.99. The number of benzene rings is 1. The van der Waals surface area contributed by atoms with Crippen molar-refractivity contribution >= 4 is 29.9 Å². The smallest absolute Gasteiger partial charge is 0.193 e. The second-order valence-electron chi connectivity index (χ2n) is 6.62. The van der Waals surface area contributed by atoms with Gasteiger partial charge in [-0.2, -0.15) is 0 Å². The molecule has 1 aliphatic heterocycles. The highest BCUT2D eigenvalue weighted by Gasteiger charge is 2.20. The van der Waals surface area contributed by atoms with Crippen LogP contribution in [0.4, 0.5) is 0 Å². The maximum atomic E-state index is 4.41. The van der Waals surface area contributed by atoms with Crippen LogP contribution in [0.3, 0.4) is 0 Å². The molecule has 1 unspecified atom stereocenters. The monoisotopic (exact) mass is 456 g/mol. The molecule has 1 atom stereocenters. The summed E-state index contributed by atoms with van der Waals surface area (Å²) in [5.74, 6) is 0.975. The number of rotatable bonds is 7. The number of aliphatic imine (C=N–C) groups is 1. The lowest BCUT2D eigenvalue weighted by Crippen LogP contribution is -2.47. The minimum absolute atomic E-state index is 0. The van der Waals surface area contributed by atoms with Gasteiger partial charge in [-0.3, -0.25) is 9.89 Å². The Morgan fingerprint density at radius 3 is 2.80 bits per heavy atom. The zero-order valence-corrected chi connectivity index (χ0v) is 18.2. The molecule has 1 heterocycles. The van der Waals surface area contributed by atoms with Crippen molar-refractivity contribution < 1.29 is 0 Å². The lowest BCUT2D eigenvalue weighted by molar-refractivity contribution is 0.190. The van der Waals surface area contributed by atoms with Crippen molar-refractivity contribution in [2.75, 3.05) is 33.7 Å². The molecule has 2 rings (SSSR count). The van der Waals surface area contributed by atoms with Gasteiger partial charge in [0.1, 0.15) is 0 Å². The third-order valence-electron chi connectivity index (χ3n) is 4.81. The van der Waals surface area contributed by atoms with Crippen molar-refractivity contribution in [1.29, 1.82) is 0 Å². The second kappa shape index (κ2) is 11.5. The Labute approximate surface area is 170 Å².